The van der Waals surface area contributed by atoms with Gasteiger partial charge < -0.3 is 5.73 Å². The SMILES string of the molecule is CCS(=O)(=O)N1CCN(CCS(=O)(=O)CCN2[C@@H]3CCC[C@@]2(C(N)=O)CC3)CC1. The maximum Gasteiger partial charge on any atom is 0.237 e. The second-order valence-electron chi connectivity index (χ2n) is 8.47. The lowest BCUT2D eigenvalue weighted by atomic mass is 9.87. The fourth-order valence-electron chi connectivity index (χ4n) is 5.06. The molecule has 0 aromatic heterocycles. The van der Waals surface area contributed by atoms with Crippen LogP contribution in [0.1, 0.15) is 39.0 Å². The first-order valence-corrected chi connectivity index (χ1v) is 14.0. The molecule has 3 aliphatic rings. The van der Waals surface area contributed by atoms with Gasteiger partial charge in [0.2, 0.25) is 15.9 Å². The Balaban J connectivity index is 1.48. The summed E-state index contributed by atoms with van der Waals surface area (Å²) in [4.78, 5) is 16.2. The maximum atomic E-state index is 12.6. The largest absolute Gasteiger partial charge is 0.368 e. The fourth-order valence-corrected chi connectivity index (χ4v) is 7.36. The van der Waals surface area contributed by atoms with Gasteiger partial charge in [0.15, 0.2) is 9.84 Å². The number of fused-ring (bicyclic) bond motifs is 2. The Morgan fingerprint density at radius 1 is 1.00 bits per heavy atom. The molecule has 0 aliphatic carbocycles. The van der Waals surface area contributed by atoms with Crippen LogP contribution in [0.3, 0.4) is 0 Å². The van der Waals surface area contributed by atoms with Gasteiger partial charge in [-0.1, -0.05) is 0 Å². The van der Waals surface area contributed by atoms with Gasteiger partial charge >= 0.3 is 0 Å². The van der Waals surface area contributed by atoms with Crippen LogP contribution in [0.5, 0.6) is 0 Å². The minimum absolute atomic E-state index is 0.0305. The van der Waals surface area contributed by atoms with Crippen molar-refractivity contribution in [2.24, 2.45) is 5.73 Å². The molecule has 11 heteroatoms. The molecule has 29 heavy (non-hydrogen) atoms. The smallest absolute Gasteiger partial charge is 0.237 e. The summed E-state index contributed by atoms with van der Waals surface area (Å²) in [5.41, 5.74) is 5.04. The van der Waals surface area contributed by atoms with Gasteiger partial charge in [0.05, 0.1) is 17.3 Å². The predicted octanol–water partition coefficient (Wildman–Crippen LogP) is -0.759. The third kappa shape index (κ3) is 4.95. The number of carbonyl (C=O) groups is 1. The van der Waals surface area contributed by atoms with Crippen molar-refractivity contribution in [2.45, 2.75) is 50.6 Å². The zero-order chi connectivity index (χ0) is 21.3. The van der Waals surface area contributed by atoms with E-state index >= 15 is 0 Å². The van der Waals surface area contributed by atoms with Gasteiger partial charge in [-0.3, -0.25) is 14.6 Å². The first-order chi connectivity index (χ1) is 13.6. The molecule has 2 atom stereocenters. The molecule has 9 nitrogen and oxygen atoms in total. The molecule has 3 saturated heterocycles. The van der Waals surface area contributed by atoms with Crippen LogP contribution in [0.25, 0.3) is 0 Å². The number of hydrogen-bond acceptors (Lipinski definition) is 7. The highest BCUT2D eigenvalue weighted by atomic mass is 32.2. The highest BCUT2D eigenvalue weighted by molar-refractivity contribution is 7.91. The molecule has 3 rings (SSSR count). The molecule has 2 bridgehead atoms. The molecule has 0 saturated carbocycles. The number of amides is 1. The number of primary amides is 1. The number of hydrogen-bond donors (Lipinski definition) is 1. The minimum atomic E-state index is -3.27. The number of carbonyl (C=O) groups excluding carboxylic acids is 1. The Morgan fingerprint density at radius 3 is 2.28 bits per heavy atom. The third-order valence-corrected chi connectivity index (χ3v) is 10.4. The van der Waals surface area contributed by atoms with Gasteiger partial charge in [0.1, 0.15) is 5.54 Å². The quantitative estimate of drug-likeness (QED) is 0.490. The summed E-state index contributed by atoms with van der Waals surface area (Å²) in [6, 6.07) is 0.264. The average molecular weight is 451 g/mol. The molecule has 0 aromatic carbocycles. The molecular formula is C18H34N4O5S2. The van der Waals surface area contributed by atoms with Crippen LogP contribution in [-0.2, 0) is 24.7 Å². The topological polar surface area (TPSA) is 121 Å². The summed E-state index contributed by atoms with van der Waals surface area (Å²) in [6.07, 6.45) is 4.34. The van der Waals surface area contributed by atoms with Gasteiger partial charge in [-0.15, -0.1) is 0 Å². The molecule has 0 unspecified atom stereocenters. The molecular weight excluding hydrogens is 416 g/mol. The third-order valence-electron chi connectivity index (χ3n) is 6.92. The zero-order valence-electron chi connectivity index (χ0n) is 17.3. The number of rotatable bonds is 9. The van der Waals surface area contributed by atoms with Crippen molar-refractivity contribution in [1.82, 2.24) is 14.1 Å². The lowest BCUT2D eigenvalue weighted by Gasteiger charge is -2.42. The number of nitrogens with zero attached hydrogens (tertiary/aromatic N) is 3. The molecule has 3 fully saturated rings. The number of sulfone groups is 1. The summed E-state index contributed by atoms with van der Waals surface area (Å²) in [7, 11) is -6.45. The van der Waals surface area contributed by atoms with E-state index in [0.717, 1.165) is 32.1 Å². The molecule has 3 aliphatic heterocycles. The lowest BCUT2D eigenvalue weighted by molar-refractivity contribution is -0.131. The number of piperidine rings is 1. The van der Waals surface area contributed by atoms with Crippen LogP contribution in [0.2, 0.25) is 0 Å². The standard InChI is InChI=1S/C18H34N4O5S2/c1-2-29(26,27)21-10-8-20(9-11-21)12-14-28(24,25)15-13-22-16-4-3-6-18(22,7-5-16)17(19)23/h16H,2-15H2,1H3,(H2,19,23)/t16-,18+/m1/s1. The highest BCUT2D eigenvalue weighted by Crippen LogP contribution is 2.43. The molecule has 2 N–H and O–H groups in total. The van der Waals surface area contributed by atoms with E-state index in [1.54, 1.807) is 6.92 Å². The van der Waals surface area contributed by atoms with Crippen LogP contribution in [-0.4, -0.2) is 105 Å². The van der Waals surface area contributed by atoms with Gasteiger partial charge in [-0.05, 0) is 39.0 Å². The second-order valence-corrected chi connectivity index (χ2v) is 13.0. The highest BCUT2D eigenvalue weighted by Gasteiger charge is 2.52. The maximum absolute atomic E-state index is 12.6. The van der Waals surface area contributed by atoms with Crippen molar-refractivity contribution in [3.63, 3.8) is 0 Å². The summed E-state index contributed by atoms with van der Waals surface area (Å²) in [5, 5.41) is 0. The van der Waals surface area contributed by atoms with E-state index in [2.05, 4.69) is 4.90 Å². The van der Waals surface area contributed by atoms with E-state index in [9.17, 15) is 21.6 Å². The Bertz CT molecular complexity index is 804. The summed E-state index contributed by atoms with van der Waals surface area (Å²) >= 11 is 0. The van der Waals surface area contributed by atoms with E-state index in [0.29, 0.717) is 39.3 Å². The van der Waals surface area contributed by atoms with E-state index in [4.69, 9.17) is 5.73 Å². The van der Waals surface area contributed by atoms with Gasteiger partial charge in [0.25, 0.3) is 0 Å². The van der Waals surface area contributed by atoms with Crippen molar-refractivity contribution < 1.29 is 21.6 Å². The lowest BCUT2D eigenvalue weighted by Crippen LogP contribution is -2.59. The Hall–Kier alpha value is -0.750. The van der Waals surface area contributed by atoms with Gasteiger partial charge in [0, 0.05) is 45.3 Å². The van der Waals surface area contributed by atoms with Crippen LogP contribution < -0.4 is 5.73 Å². The van der Waals surface area contributed by atoms with Gasteiger partial charge in [-0.2, -0.15) is 4.31 Å². The molecule has 1 amide bonds. The minimum Gasteiger partial charge on any atom is -0.368 e. The van der Waals surface area contributed by atoms with Crippen LogP contribution in [0, 0.1) is 0 Å². The summed E-state index contributed by atoms with van der Waals surface area (Å²) in [5.74, 6) is -0.152. The molecule has 0 aromatic rings. The van der Waals surface area contributed by atoms with Gasteiger partial charge in [-0.25, -0.2) is 16.8 Å². The van der Waals surface area contributed by atoms with E-state index in [1.165, 1.54) is 4.31 Å². The number of nitrogens with two attached hydrogens (primary N) is 1. The zero-order valence-corrected chi connectivity index (χ0v) is 18.9. The monoisotopic (exact) mass is 450 g/mol. The number of piperazine rings is 1. The van der Waals surface area contributed by atoms with Crippen molar-refractivity contribution in [3.05, 3.63) is 0 Å². The summed E-state index contributed by atoms with van der Waals surface area (Å²) in [6.45, 7) is 4.32. The molecule has 0 spiro atoms. The molecule has 168 valence electrons. The molecule has 3 heterocycles. The molecule has 0 radical (unpaired) electrons. The first kappa shape index (κ1) is 22.9. The first-order valence-electron chi connectivity index (χ1n) is 10.6. The average Bonchev–Trinajstić information content (AvgIpc) is 2.89. The Kier molecular flexibility index (Phi) is 6.94. The van der Waals surface area contributed by atoms with E-state index in [1.807, 2.05) is 4.90 Å². The van der Waals surface area contributed by atoms with Crippen LogP contribution in [0.15, 0.2) is 0 Å². The summed E-state index contributed by atoms with van der Waals surface area (Å²) < 4.78 is 50.6. The normalized spacial score (nSPS) is 29.9. The van der Waals surface area contributed by atoms with Crippen molar-refractivity contribution in [3.8, 4) is 0 Å². The Morgan fingerprint density at radius 2 is 1.66 bits per heavy atom. The number of sulfonamides is 1. The van der Waals surface area contributed by atoms with Crippen molar-refractivity contribution in [2.75, 3.05) is 56.5 Å². The van der Waals surface area contributed by atoms with E-state index < -0.39 is 25.4 Å². The van der Waals surface area contributed by atoms with Crippen LogP contribution in [0.4, 0.5) is 0 Å². The van der Waals surface area contributed by atoms with Crippen molar-refractivity contribution in [1.29, 1.82) is 0 Å². The predicted molar refractivity (Wildman–Crippen MR) is 112 cm³/mol. The van der Waals surface area contributed by atoms with E-state index in [-0.39, 0.29) is 29.2 Å². The van der Waals surface area contributed by atoms with Crippen molar-refractivity contribution >= 4 is 25.8 Å². The Labute approximate surface area is 174 Å². The second kappa shape index (κ2) is 8.78. The fraction of sp³-hybridized carbons (Fsp3) is 0.944. The van der Waals surface area contributed by atoms with Crippen LogP contribution >= 0.6 is 0 Å².